The zero-order chi connectivity index (χ0) is 13.8. The van der Waals surface area contributed by atoms with Crippen molar-refractivity contribution >= 4 is 11.6 Å². The molecule has 0 aliphatic rings. The number of aromatic nitrogens is 2. The van der Waals surface area contributed by atoms with E-state index >= 15 is 0 Å². The number of aliphatic hydroxyl groups excluding tert-OH is 1. The zero-order valence-corrected chi connectivity index (χ0v) is 11.3. The minimum absolute atomic E-state index is 0.0466. The van der Waals surface area contributed by atoms with Crippen molar-refractivity contribution in [3.8, 4) is 5.75 Å². The van der Waals surface area contributed by atoms with Gasteiger partial charge in [0, 0.05) is 36.3 Å². The van der Waals surface area contributed by atoms with E-state index in [-0.39, 0.29) is 6.61 Å². The number of hydrogen-bond donors (Lipinski definition) is 1. The van der Waals surface area contributed by atoms with Crippen LogP contribution in [0.4, 0.5) is 11.6 Å². The molecule has 0 radical (unpaired) electrons. The molecular weight excluding hydrogens is 242 g/mol. The highest BCUT2D eigenvalue weighted by molar-refractivity contribution is 5.58. The SMILES string of the molecule is COc1cccc(N(C)c2ncc(CO)c(C)n2)c1. The predicted molar refractivity (Wildman–Crippen MR) is 73.7 cm³/mol. The molecule has 0 saturated carbocycles. The van der Waals surface area contributed by atoms with Gasteiger partial charge in [-0.1, -0.05) is 6.07 Å². The fraction of sp³-hybridized carbons (Fsp3) is 0.286. The molecule has 0 spiro atoms. The van der Waals surface area contributed by atoms with Crippen LogP contribution >= 0.6 is 0 Å². The normalized spacial score (nSPS) is 10.3. The molecule has 0 bridgehead atoms. The topological polar surface area (TPSA) is 58.5 Å². The van der Waals surface area contributed by atoms with Gasteiger partial charge >= 0.3 is 0 Å². The number of nitrogens with zero attached hydrogens (tertiary/aromatic N) is 3. The largest absolute Gasteiger partial charge is 0.497 e. The summed E-state index contributed by atoms with van der Waals surface area (Å²) in [5.41, 5.74) is 2.46. The molecule has 1 aromatic heterocycles. The molecule has 100 valence electrons. The molecule has 1 heterocycles. The number of aryl methyl sites for hydroxylation is 1. The summed E-state index contributed by atoms with van der Waals surface area (Å²) in [5, 5.41) is 9.12. The molecule has 0 aliphatic carbocycles. The number of hydrogen-bond acceptors (Lipinski definition) is 5. The van der Waals surface area contributed by atoms with Crippen molar-refractivity contribution in [1.82, 2.24) is 9.97 Å². The van der Waals surface area contributed by atoms with Crippen molar-refractivity contribution in [2.45, 2.75) is 13.5 Å². The third kappa shape index (κ3) is 2.82. The number of aliphatic hydroxyl groups is 1. The lowest BCUT2D eigenvalue weighted by Crippen LogP contribution is -2.14. The van der Waals surface area contributed by atoms with E-state index in [1.54, 1.807) is 13.3 Å². The van der Waals surface area contributed by atoms with E-state index in [0.29, 0.717) is 5.95 Å². The van der Waals surface area contributed by atoms with Gasteiger partial charge in [0.15, 0.2) is 0 Å². The number of anilines is 2. The molecule has 0 aliphatic heterocycles. The van der Waals surface area contributed by atoms with E-state index in [0.717, 1.165) is 22.7 Å². The van der Waals surface area contributed by atoms with E-state index in [1.807, 2.05) is 43.1 Å². The molecule has 1 aromatic carbocycles. The summed E-state index contributed by atoms with van der Waals surface area (Å²) >= 11 is 0. The molecule has 19 heavy (non-hydrogen) atoms. The van der Waals surface area contributed by atoms with Crippen LogP contribution in [-0.4, -0.2) is 29.2 Å². The summed E-state index contributed by atoms with van der Waals surface area (Å²) in [4.78, 5) is 10.5. The first-order valence-electron chi connectivity index (χ1n) is 5.97. The number of ether oxygens (including phenoxy) is 1. The second-order valence-electron chi connectivity index (χ2n) is 4.20. The lowest BCUT2D eigenvalue weighted by atomic mass is 10.2. The zero-order valence-electron chi connectivity index (χ0n) is 11.3. The first-order chi connectivity index (χ1) is 9.15. The summed E-state index contributed by atoms with van der Waals surface area (Å²) in [6.45, 7) is 1.81. The summed E-state index contributed by atoms with van der Waals surface area (Å²) < 4.78 is 5.20. The van der Waals surface area contributed by atoms with Crippen molar-refractivity contribution < 1.29 is 9.84 Å². The second-order valence-corrected chi connectivity index (χ2v) is 4.20. The Hall–Kier alpha value is -2.14. The van der Waals surface area contributed by atoms with Gasteiger partial charge in [-0.15, -0.1) is 0 Å². The highest BCUT2D eigenvalue weighted by atomic mass is 16.5. The lowest BCUT2D eigenvalue weighted by Gasteiger charge is -2.18. The first kappa shape index (κ1) is 13.3. The first-order valence-corrected chi connectivity index (χ1v) is 5.97. The molecular formula is C14H17N3O2. The van der Waals surface area contributed by atoms with E-state index < -0.39 is 0 Å². The van der Waals surface area contributed by atoms with E-state index in [1.165, 1.54) is 0 Å². The summed E-state index contributed by atoms with van der Waals surface area (Å²) in [6, 6.07) is 7.68. The Labute approximate surface area is 112 Å². The molecule has 0 fully saturated rings. The number of rotatable bonds is 4. The fourth-order valence-electron chi connectivity index (χ4n) is 1.73. The van der Waals surface area contributed by atoms with Crippen LogP contribution in [0.3, 0.4) is 0 Å². The van der Waals surface area contributed by atoms with Crippen LogP contribution in [0.2, 0.25) is 0 Å². The van der Waals surface area contributed by atoms with Gasteiger partial charge in [-0.3, -0.25) is 0 Å². The van der Waals surface area contributed by atoms with Gasteiger partial charge in [-0.25, -0.2) is 9.97 Å². The minimum Gasteiger partial charge on any atom is -0.497 e. The van der Waals surface area contributed by atoms with Gasteiger partial charge in [-0.05, 0) is 19.1 Å². The second kappa shape index (κ2) is 5.67. The maximum absolute atomic E-state index is 9.12. The lowest BCUT2D eigenvalue weighted by molar-refractivity contribution is 0.280. The van der Waals surface area contributed by atoms with Gasteiger partial charge in [0.25, 0.3) is 0 Å². The van der Waals surface area contributed by atoms with Gasteiger partial charge < -0.3 is 14.7 Å². The minimum atomic E-state index is -0.0466. The predicted octanol–water partition coefficient (Wildman–Crippen LogP) is 2.05. The Balaban J connectivity index is 2.32. The van der Waals surface area contributed by atoms with Crippen molar-refractivity contribution in [3.63, 3.8) is 0 Å². The fourth-order valence-corrected chi connectivity index (χ4v) is 1.73. The van der Waals surface area contributed by atoms with Gasteiger partial charge in [0.2, 0.25) is 5.95 Å². The molecule has 0 amide bonds. The highest BCUT2D eigenvalue weighted by Gasteiger charge is 2.09. The summed E-state index contributed by atoms with van der Waals surface area (Å²) in [5.74, 6) is 1.37. The quantitative estimate of drug-likeness (QED) is 0.910. The van der Waals surface area contributed by atoms with Crippen LogP contribution in [0, 0.1) is 6.92 Å². The standard InChI is InChI=1S/C14H17N3O2/c1-10-11(9-18)8-15-14(16-10)17(2)12-5-4-6-13(7-12)19-3/h4-8,18H,9H2,1-3H3. The van der Waals surface area contributed by atoms with E-state index in [4.69, 9.17) is 9.84 Å². The van der Waals surface area contributed by atoms with E-state index in [9.17, 15) is 0 Å². The summed E-state index contributed by atoms with van der Waals surface area (Å²) in [6.07, 6.45) is 1.65. The average molecular weight is 259 g/mol. The van der Waals surface area contributed by atoms with Crippen molar-refractivity contribution in [2.24, 2.45) is 0 Å². The van der Waals surface area contributed by atoms with Crippen LogP contribution in [0.1, 0.15) is 11.3 Å². The van der Waals surface area contributed by atoms with Crippen LogP contribution in [0.5, 0.6) is 5.75 Å². The van der Waals surface area contributed by atoms with Crippen LogP contribution in [0.15, 0.2) is 30.5 Å². The monoisotopic (exact) mass is 259 g/mol. The maximum Gasteiger partial charge on any atom is 0.229 e. The maximum atomic E-state index is 9.12. The van der Waals surface area contributed by atoms with Gasteiger partial charge in [-0.2, -0.15) is 0 Å². The Morgan fingerprint density at radius 2 is 2.16 bits per heavy atom. The molecule has 2 aromatic rings. The third-order valence-electron chi connectivity index (χ3n) is 2.98. The molecule has 0 atom stereocenters. The number of benzene rings is 1. The molecule has 0 unspecified atom stereocenters. The molecule has 5 nitrogen and oxygen atoms in total. The van der Waals surface area contributed by atoms with Crippen molar-refractivity contribution in [3.05, 3.63) is 41.7 Å². The molecule has 1 N–H and O–H groups in total. The Bertz CT molecular complexity index is 572. The Morgan fingerprint density at radius 1 is 1.37 bits per heavy atom. The van der Waals surface area contributed by atoms with Gasteiger partial charge in [0.1, 0.15) is 5.75 Å². The van der Waals surface area contributed by atoms with Crippen LogP contribution < -0.4 is 9.64 Å². The highest BCUT2D eigenvalue weighted by Crippen LogP contribution is 2.24. The third-order valence-corrected chi connectivity index (χ3v) is 2.98. The summed E-state index contributed by atoms with van der Waals surface area (Å²) in [7, 11) is 3.53. The Morgan fingerprint density at radius 3 is 2.79 bits per heavy atom. The van der Waals surface area contributed by atoms with Crippen molar-refractivity contribution in [2.75, 3.05) is 19.1 Å². The van der Waals surface area contributed by atoms with Crippen LogP contribution in [0.25, 0.3) is 0 Å². The van der Waals surface area contributed by atoms with Crippen LogP contribution in [-0.2, 0) is 6.61 Å². The van der Waals surface area contributed by atoms with E-state index in [2.05, 4.69) is 9.97 Å². The molecule has 5 heteroatoms. The van der Waals surface area contributed by atoms with Gasteiger partial charge in [0.05, 0.1) is 13.7 Å². The smallest absolute Gasteiger partial charge is 0.229 e. The molecule has 0 saturated heterocycles. The molecule has 2 rings (SSSR count). The average Bonchev–Trinajstić information content (AvgIpc) is 2.46. The van der Waals surface area contributed by atoms with Crippen molar-refractivity contribution in [1.29, 1.82) is 0 Å². The Kier molecular flexibility index (Phi) is 3.97. The number of methoxy groups -OCH3 is 1.